The molecule has 7 nitrogen and oxygen atoms in total. The lowest BCUT2D eigenvalue weighted by molar-refractivity contribution is -0.191. The second-order valence-corrected chi connectivity index (χ2v) is 6.28. The van der Waals surface area contributed by atoms with Crippen molar-refractivity contribution in [2.24, 2.45) is 5.92 Å². The summed E-state index contributed by atoms with van der Waals surface area (Å²) in [4.78, 5) is 21.9. The SMILES string of the molecule is CC1CCC2(CC1)OCC(CNC(=O)NCCCC(=O)O)O2. The molecule has 1 saturated carbocycles. The Kier molecular flexibility index (Phi) is 6.02. The summed E-state index contributed by atoms with van der Waals surface area (Å²) in [5.74, 6) is -0.561. The molecule has 0 radical (unpaired) electrons. The fourth-order valence-electron chi connectivity index (χ4n) is 2.89. The summed E-state index contributed by atoms with van der Waals surface area (Å²) in [7, 11) is 0. The molecule has 2 rings (SSSR count). The van der Waals surface area contributed by atoms with Gasteiger partial charge in [-0.2, -0.15) is 0 Å². The zero-order chi connectivity index (χ0) is 16.0. The van der Waals surface area contributed by atoms with Crippen molar-refractivity contribution < 1.29 is 24.2 Å². The number of carbonyl (C=O) groups excluding carboxylic acids is 1. The van der Waals surface area contributed by atoms with Crippen LogP contribution in [0.25, 0.3) is 0 Å². The van der Waals surface area contributed by atoms with Crippen LogP contribution in [0.15, 0.2) is 0 Å². The molecule has 2 amide bonds. The first-order valence-electron chi connectivity index (χ1n) is 8.04. The second kappa shape index (κ2) is 7.78. The quantitative estimate of drug-likeness (QED) is 0.645. The third-order valence-electron chi connectivity index (χ3n) is 4.29. The topological polar surface area (TPSA) is 96.9 Å². The van der Waals surface area contributed by atoms with Crippen LogP contribution >= 0.6 is 0 Å². The van der Waals surface area contributed by atoms with Gasteiger partial charge in [0.15, 0.2) is 5.79 Å². The molecule has 1 spiro atoms. The van der Waals surface area contributed by atoms with Crippen LogP contribution in [-0.4, -0.2) is 48.7 Å². The number of ether oxygens (including phenoxy) is 2. The zero-order valence-corrected chi connectivity index (χ0v) is 13.1. The minimum atomic E-state index is -0.856. The van der Waals surface area contributed by atoms with Gasteiger partial charge in [-0.15, -0.1) is 0 Å². The van der Waals surface area contributed by atoms with Gasteiger partial charge in [-0.3, -0.25) is 4.79 Å². The van der Waals surface area contributed by atoms with E-state index in [0.717, 1.165) is 31.6 Å². The molecule has 1 heterocycles. The lowest BCUT2D eigenvalue weighted by Gasteiger charge is -2.34. The molecule has 0 bridgehead atoms. The van der Waals surface area contributed by atoms with Crippen LogP contribution in [0, 0.1) is 5.92 Å². The monoisotopic (exact) mass is 314 g/mol. The number of nitrogens with one attached hydrogen (secondary N) is 2. The molecule has 126 valence electrons. The van der Waals surface area contributed by atoms with E-state index in [2.05, 4.69) is 17.6 Å². The van der Waals surface area contributed by atoms with Crippen molar-refractivity contribution in [1.82, 2.24) is 10.6 Å². The lowest BCUT2D eigenvalue weighted by Crippen LogP contribution is -2.42. The Hall–Kier alpha value is -1.34. The first-order valence-corrected chi connectivity index (χ1v) is 8.04. The van der Waals surface area contributed by atoms with Gasteiger partial charge in [0, 0.05) is 32.4 Å². The van der Waals surface area contributed by atoms with Crippen LogP contribution in [-0.2, 0) is 14.3 Å². The summed E-state index contributed by atoms with van der Waals surface area (Å²) < 4.78 is 11.8. The van der Waals surface area contributed by atoms with E-state index in [1.165, 1.54) is 0 Å². The fourth-order valence-corrected chi connectivity index (χ4v) is 2.89. The van der Waals surface area contributed by atoms with Crippen molar-refractivity contribution in [3.63, 3.8) is 0 Å². The molecule has 1 unspecified atom stereocenters. The predicted octanol–water partition coefficient (Wildman–Crippen LogP) is 1.47. The maximum absolute atomic E-state index is 11.6. The Morgan fingerprint density at radius 1 is 1.27 bits per heavy atom. The van der Waals surface area contributed by atoms with E-state index in [0.29, 0.717) is 26.1 Å². The largest absolute Gasteiger partial charge is 0.481 e. The highest BCUT2D eigenvalue weighted by Gasteiger charge is 2.43. The molecule has 0 aromatic heterocycles. The molecule has 1 atom stereocenters. The van der Waals surface area contributed by atoms with Gasteiger partial charge < -0.3 is 25.2 Å². The Labute approximate surface area is 130 Å². The Morgan fingerprint density at radius 2 is 2.00 bits per heavy atom. The third kappa shape index (κ3) is 5.14. The van der Waals surface area contributed by atoms with E-state index < -0.39 is 11.8 Å². The molecule has 0 aromatic carbocycles. The summed E-state index contributed by atoms with van der Waals surface area (Å²) in [5.41, 5.74) is 0. The second-order valence-electron chi connectivity index (χ2n) is 6.28. The van der Waals surface area contributed by atoms with Crippen LogP contribution in [0.5, 0.6) is 0 Å². The summed E-state index contributed by atoms with van der Waals surface area (Å²) in [6.07, 6.45) is 4.44. The Bertz CT molecular complexity index is 393. The molecule has 1 aliphatic heterocycles. The number of carboxylic acids is 1. The maximum Gasteiger partial charge on any atom is 0.314 e. The van der Waals surface area contributed by atoms with Crippen molar-refractivity contribution >= 4 is 12.0 Å². The molecular formula is C15H26N2O5. The van der Waals surface area contributed by atoms with E-state index in [9.17, 15) is 9.59 Å². The maximum atomic E-state index is 11.6. The number of hydrogen-bond donors (Lipinski definition) is 3. The van der Waals surface area contributed by atoms with Crippen molar-refractivity contribution in [1.29, 1.82) is 0 Å². The van der Waals surface area contributed by atoms with Crippen molar-refractivity contribution in [3.05, 3.63) is 0 Å². The number of carbonyl (C=O) groups is 2. The van der Waals surface area contributed by atoms with Crippen LogP contribution in [0.4, 0.5) is 4.79 Å². The van der Waals surface area contributed by atoms with E-state index in [1.807, 2.05) is 0 Å². The zero-order valence-electron chi connectivity index (χ0n) is 13.1. The number of urea groups is 1. The fraction of sp³-hybridized carbons (Fsp3) is 0.867. The van der Waals surface area contributed by atoms with Gasteiger partial charge in [0.25, 0.3) is 0 Å². The number of hydrogen-bond acceptors (Lipinski definition) is 4. The summed E-state index contributed by atoms with van der Waals surface area (Å²) in [5, 5.41) is 13.9. The molecule has 2 fully saturated rings. The number of carboxylic acid groups (broad SMARTS) is 1. The van der Waals surface area contributed by atoms with E-state index in [-0.39, 0.29) is 18.6 Å². The van der Waals surface area contributed by atoms with E-state index in [1.54, 1.807) is 0 Å². The normalized spacial score (nSPS) is 31.1. The van der Waals surface area contributed by atoms with Crippen LogP contribution in [0.1, 0.15) is 45.4 Å². The standard InChI is InChI=1S/C15H26N2O5/c1-11-4-6-15(7-5-11)21-10-12(22-15)9-17-14(20)16-8-2-3-13(18)19/h11-12H,2-10H2,1H3,(H,18,19)(H2,16,17,20). The molecule has 7 heteroatoms. The van der Waals surface area contributed by atoms with Gasteiger partial charge in [0.2, 0.25) is 0 Å². The highest BCUT2D eigenvalue weighted by molar-refractivity contribution is 5.73. The first-order chi connectivity index (χ1) is 10.5. The highest BCUT2D eigenvalue weighted by atomic mass is 16.7. The van der Waals surface area contributed by atoms with Crippen LogP contribution in [0.2, 0.25) is 0 Å². The molecule has 0 aromatic rings. The number of amides is 2. The van der Waals surface area contributed by atoms with Crippen LogP contribution < -0.4 is 10.6 Å². The van der Waals surface area contributed by atoms with Crippen LogP contribution in [0.3, 0.4) is 0 Å². The van der Waals surface area contributed by atoms with Crippen molar-refractivity contribution in [3.8, 4) is 0 Å². The summed E-state index contributed by atoms with van der Waals surface area (Å²) in [6.45, 7) is 3.51. The summed E-state index contributed by atoms with van der Waals surface area (Å²) >= 11 is 0. The van der Waals surface area contributed by atoms with Gasteiger partial charge in [-0.25, -0.2) is 4.79 Å². The predicted molar refractivity (Wildman–Crippen MR) is 79.5 cm³/mol. The minimum absolute atomic E-state index is 0.0563. The highest BCUT2D eigenvalue weighted by Crippen LogP contribution is 2.39. The molecular weight excluding hydrogens is 288 g/mol. The first kappa shape index (κ1) is 17.0. The third-order valence-corrected chi connectivity index (χ3v) is 4.29. The van der Waals surface area contributed by atoms with Gasteiger partial charge in [-0.05, 0) is 25.2 Å². The van der Waals surface area contributed by atoms with Crippen molar-refractivity contribution in [2.45, 2.75) is 57.3 Å². The molecule has 22 heavy (non-hydrogen) atoms. The lowest BCUT2D eigenvalue weighted by atomic mass is 9.86. The Morgan fingerprint density at radius 3 is 2.68 bits per heavy atom. The average molecular weight is 314 g/mol. The van der Waals surface area contributed by atoms with Gasteiger partial charge in [0.1, 0.15) is 6.10 Å². The smallest absolute Gasteiger partial charge is 0.314 e. The van der Waals surface area contributed by atoms with Gasteiger partial charge in [-0.1, -0.05) is 6.92 Å². The number of aliphatic carboxylic acids is 1. The summed E-state index contributed by atoms with van der Waals surface area (Å²) in [6, 6.07) is -0.299. The molecule has 2 aliphatic rings. The van der Waals surface area contributed by atoms with E-state index in [4.69, 9.17) is 14.6 Å². The average Bonchev–Trinajstić information content (AvgIpc) is 2.88. The Balaban J connectivity index is 1.60. The van der Waals surface area contributed by atoms with Gasteiger partial charge in [0.05, 0.1) is 6.61 Å². The molecule has 1 aliphatic carbocycles. The molecule has 1 saturated heterocycles. The van der Waals surface area contributed by atoms with E-state index >= 15 is 0 Å². The number of rotatable bonds is 6. The molecule has 3 N–H and O–H groups in total. The minimum Gasteiger partial charge on any atom is -0.481 e. The van der Waals surface area contributed by atoms with Gasteiger partial charge >= 0.3 is 12.0 Å². The van der Waals surface area contributed by atoms with Crippen molar-refractivity contribution in [2.75, 3.05) is 19.7 Å².